The van der Waals surface area contributed by atoms with Gasteiger partial charge in [-0.25, -0.2) is 0 Å². The van der Waals surface area contributed by atoms with E-state index in [2.05, 4.69) is 42.0 Å². The number of carbonyl (C=O) groups excluding carboxylic acids is 2. The number of likely N-dealkylation sites (N-methyl/N-ethyl adjacent to an activating group) is 1. The first-order valence-electron chi connectivity index (χ1n) is 10.3. The number of unbranched alkanes of at least 4 members (excludes halogenated alkanes) is 1. The Morgan fingerprint density at radius 1 is 0.885 bits per heavy atom. The van der Waals surface area contributed by atoms with Gasteiger partial charge < -0.3 is 21.3 Å². The summed E-state index contributed by atoms with van der Waals surface area (Å²) in [5, 5.41) is 11.8. The van der Waals surface area contributed by atoms with Gasteiger partial charge in [-0.05, 0) is 31.7 Å². The van der Waals surface area contributed by atoms with Crippen LogP contribution in [0.4, 0.5) is 0 Å². The molecule has 164 valence electrons. The third kappa shape index (κ3) is 22.9. The van der Waals surface area contributed by atoms with Gasteiger partial charge in [0.05, 0.1) is 13.1 Å². The third-order valence-corrected chi connectivity index (χ3v) is 3.95. The van der Waals surface area contributed by atoms with Crippen LogP contribution in [-0.2, 0) is 9.59 Å². The summed E-state index contributed by atoms with van der Waals surface area (Å²) in [4.78, 5) is 22.2. The first kappa shape index (κ1) is 27.1. The third-order valence-electron chi connectivity index (χ3n) is 3.95. The highest BCUT2D eigenvalue weighted by molar-refractivity contribution is 5.78. The highest BCUT2D eigenvalue weighted by atomic mass is 16.2. The fourth-order valence-corrected chi connectivity index (χ4v) is 1.95. The summed E-state index contributed by atoms with van der Waals surface area (Å²) in [5.41, 5.74) is 0. The smallest absolute Gasteiger partial charge is 0.233 e. The molecule has 26 heavy (non-hydrogen) atoms. The number of amides is 2. The molecule has 6 nitrogen and oxygen atoms in total. The Labute approximate surface area is 167 Å². The lowest BCUT2D eigenvalue weighted by molar-refractivity contribution is -0.121. The SMILES string of the molecule is CCC(C)CCCNC(=O)CNC(C)C.CCCCNC(=O)CNCC.[HH].[HH].[HH].[HH]. The van der Waals surface area contributed by atoms with Crippen LogP contribution in [0, 0.1) is 5.92 Å². The van der Waals surface area contributed by atoms with Crippen molar-refractivity contribution in [1.29, 1.82) is 0 Å². The molecule has 1 unspecified atom stereocenters. The predicted molar refractivity (Wildman–Crippen MR) is 120 cm³/mol. The van der Waals surface area contributed by atoms with E-state index >= 15 is 0 Å². The minimum atomic E-state index is 0. The van der Waals surface area contributed by atoms with Crippen LogP contribution in [-0.4, -0.2) is 50.6 Å². The van der Waals surface area contributed by atoms with Gasteiger partial charge in [0.15, 0.2) is 0 Å². The van der Waals surface area contributed by atoms with E-state index in [0.717, 1.165) is 44.8 Å². The summed E-state index contributed by atoms with van der Waals surface area (Å²) in [7, 11) is 0. The van der Waals surface area contributed by atoms with E-state index in [-0.39, 0.29) is 17.5 Å². The molecule has 0 spiro atoms. The molecule has 6 heteroatoms. The molecule has 0 fully saturated rings. The van der Waals surface area contributed by atoms with Crippen molar-refractivity contribution in [2.75, 3.05) is 32.7 Å². The Bertz CT molecular complexity index is 353. The molecule has 0 bridgehead atoms. The number of rotatable bonds is 14. The van der Waals surface area contributed by atoms with Crippen molar-refractivity contribution in [3.05, 3.63) is 0 Å². The van der Waals surface area contributed by atoms with E-state index in [1.165, 1.54) is 12.8 Å². The van der Waals surface area contributed by atoms with Gasteiger partial charge in [0.1, 0.15) is 0 Å². The molecule has 0 aliphatic carbocycles. The second kappa shape index (κ2) is 20.2. The van der Waals surface area contributed by atoms with Gasteiger partial charge in [0.25, 0.3) is 0 Å². The zero-order chi connectivity index (χ0) is 20.2. The highest BCUT2D eigenvalue weighted by Gasteiger charge is 2.02. The molecular weight excluding hydrogens is 328 g/mol. The van der Waals surface area contributed by atoms with Crippen molar-refractivity contribution in [1.82, 2.24) is 21.3 Å². The van der Waals surface area contributed by atoms with Gasteiger partial charge in [-0.15, -0.1) is 0 Å². The Balaban J connectivity index is -0.0000000876. The quantitative estimate of drug-likeness (QED) is 0.348. The van der Waals surface area contributed by atoms with Gasteiger partial charge in [-0.2, -0.15) is 0 Å². The van der Waals surface area contributed by atoms with E-state index in [4.69, 9.17) is 0 Å². The maximum atomic E-state index is 11.3. The summed E-state index contributed by atoms with van der Waals surface area (Å²) in [6.07, 6.45) is 5.71. The van der Waals surface area contributed by atoms with Gasteiger partial charge in [-0.1, -0.05) is 54.4 Å². The van der Waals surface area contributed by atoms with E-state index in [1.54, 1.807) is 0 Å². The number of carbonyl (C=O) groups is 2. The standard InChI is InChI=1S/C12H26N2O.C8H18N2O.4H2/c1-5-11(4)7-6-8-13-12(15)9-14-10(2)3;1-3-5-6-10-8(11)7-9-4-2;;;;/h10-11,14H,5-9H2,1-4H3,(H,13,15);9H,3-7H2,1-2H3,(H,10,11);4*1H. The summed E-state index contributed by atoms with van der Waals surface area (Å²) >= 11 is 0. The molecule has 1 atom stereocenters. The van der Waals surface area contributed by atoms with Crippen molar-refractivity contribution in [2.24, 2.45) is 5.92 Å². The molecule has 0 heterocycles. The first-order chi connectivity index (χ1) is 12.4. The lowest BCUT2D eigenvalue weighted by Gasteiger charge is -2.10. The van der Waals surface area contributed by atoms with Crippen LogP contribution in [0.15, 0.2) is 0 Å². The van der Waals surface area contributed by atoms with Crippen molar-refractivity contribution in [3.8, 4) is 0 Å². The summed E-state index contributed by atoms with van der Waals surface area (Å²) in [5.74, 6) is 0.976. The summed E-state index contributed by atoms with van der Waals surface area (Å²) in [6.45, 7) is 16.0. The average Bonchev–Trinajstić information content (AvgIpc) is 2.62. The molecule has 0 saturated heterocycles. The summed E-state index contributed by atoms with van der Waals surface area (Å²) in [6, 6.07) is 0.371. The molecule has 0 aliphatic heterocycles. The van der Waals surface area contributed by atoms with Crippen LogP contribution in [0.5, 0.6) is 0 Å². The predicted octanol–water partition coefficient (Wildman–Crippen LogP) is 3.42. The van der Waals surface area contributed by atoms with Crippen molar-refractivity contribution in [2.45, 2.75) is 79.7 Å². The van der Waals surface area contributed by atoms with Gasteiger partial charge >= 0.3 is 0 Å². The molecular formula is C20H52N4O2. The molecule has 0 aromatic carbocycles. The lowest BCUT2D eigenvalue weighted by Crippen LogP contribution is -2.37. The molecule has 0 aromatic heterocycles. The van der Waals surface area contributed by atoms with Crippen LogP contribution in [0.25, 0.3) is 0 Å². The monoisotopic (exact) mass is 380 g/mol. The number of nitrogens with one attached hydrogen (secondary N) is 4. The molecule has 0 aromatic rings. The molecule has 0 radical (unpaired) electrons. The number of hydrogen-bond donors (Lipinski definition) is 4. The topological polar surface area (TPSA) is 82.3 Å². The lowest BCUT2D eigenvalue weighted by atomic mass is 10.0. The van der Waals surface area contributed by atoms with Crippen LogP contribution in [0.3, 0.4) is 0 Å². The molecule has 2 amide bonds. The second-order valence-corrected chi connectivity index (χ2v) is 7.03. The second-order valence-electron chi connectivity index (χ2n) is 7.03. The number of hydrogen-bond acceptors (Lipinski definition) is 4. The fourth-order valence-electron chi connectivity index (χ4n) is 1.95. The van der Waals surface area contributed by atoms with Gasteiger partial charge in [0.2, 0.25) is 11.8 Å². The van der Waals surface area contributed by atoms with Crippen LogP contribution in [0.2, 0.25) is 0 Å². The maximum Gasteiger partial charge on any atom is 0.233 e. The fraction of sp³-hybridized carbons (Fsp3) is 0.900. The Morgan fingerprint density at radius 3 is 1.96 bits per heavy atom. The van der Waals surface area contributed by atoms with E-state index in [1.807, 2.05) is 20.8 Å². The summed E-state index contributed by atoms with van der Waals surface area (Å²) < 4.78 is 0. The zero-order valence-corrected chi connectivity index (χ0v) is 18.0. The van der Waals surface area contributed by atoms with E-state index in [0.29, 0.717) is 19.1 Å². The van der Waals surface area contributed by atoms with Gasteiger partial charge in [0, 0.05) is 24.8 Å². The van der Waals surface area contributed by atoms with Crippen LogP contribution >= 0.6 is 0 Å². The first-order valence-corrected chi connectivity index (χ1v) is 10.3. The largest absolute Gasteiger partial charge is 0.355 e. The normalized spacial score (nSPS) is 11.5. The zero-order valence-electron chi connectivity index (χ0n) is 18.0. The minimum Gasteiger partial charge on any atom is -0.355 e. The Morgan fingerprint density at radius 2 is 1.46 bits per heavy atom. The Hall–Kier alpha value is -1.14. The molecule has 0 rings (SSSR count). The Kier molecular flexibility index (Phi) is 21.0. The minimum absolute atomic E-state index is 0. The van der Waals surface area contributed by atoms with Crippen LogP contribution in [0.1, 0.15) is 79.4 Å². The van der Waals surface area contributed by atoms with Crippen molar-refractivity contribution < 1.29 is 15.3 Å². The van der Waals surface area contributed by atoms with Crippen molar-refractivity contribution in [3.63, 3.8) is 0 Å². The maximum absolute atomic E-state index is 11.3. The van der Waals surface area contributed by atoms with E-state index in [9.17, 15) is 9.59 Å². The molecule has 4 N–H and O–H groups in total. The van der Waals surface area contributed by atoms with E-state index < -0.39 is 0 Å². The van der Waals surface area contributed by atoms with Crippen LogP contribution < -0.4 is 21.3 Å². The highest BCUT2D eigenvalue weighted by Crippen LogP contribution is 2.07. The van der Waals surface area contributed by atoms with Crippen molar-refractivity contribution >= 4 is 11.8 Å². The average molecular weight is 381 g/mol. The molecule has 0 aliphatic rings. The molecule has 0 saturated carbocycles. The van der Waals surface area contributed by atoms with Gasteiger partial charge in [-0.3, -0.25) is 9.59 Å².